The number of piperazine rings is 1. The lowest BCUT2D eigenvalue weighted by atomic mass is 9.85. The van der Waals surface area contributed by atoms with E-state index in [1.165, 1.54) is 6.92 Å². The summed E-state index contributed by atoms with van der Waals surface area (Å²) >= 11 is 0. The molecule has 1 saturated heterocycles. The fraction of sp³-hybridized carbons (Fsp3) is 0.536. The van der Waals surface area contributed by atoms with Crippen LogP contribution in [0.4, 0.5) is 5.82 Å². The van der Waals surface area contributed by atoms with Crippen LogP contribution in [0, 0.1) is 5.41 Å². The summed E-state index contributed by atoms with van der Waals surface area (Å²) in [7, 11) is 1.57. The Bertz CT molecular complexity index is 1350. The van der Waals surface area contributed by atoms with Gasteiger partial charge in [-0.1, -0.05) is 27.7 Å². The zero-order valence-corrected chi connectivity index (χ0v) is 23.6. The van der Waals surface area contributed by atoms with Crippen molar-refractivity contribution < 1.29 is 19.1 Å². The summed E-state index contributed by atoms with van der Waals surface area (Å²) in [6.45, 7) is 12.6. The molecule has 1 aliphatic heterocycles. The first kappa shape index (κ1) is 28.4. The molecule has 11 nitrogen and oxygen atoms in total. The number of nitrogens with zero attached hydrogens (tertiary/aromatic N) is 6. The van der Waals surface area contributed by atoms with Gasteiger partial charge in [-0.3, -0.25) is 14.6 Å². The second-order valence-corrected chi connectivity index (χ2v) is 10.7. The van der Waals surface area contributed by atoms with Gasteiger partial charge in [0.25, 0.3) is 5.56 Å². The van der Waals surface area contributed by atoms with Crippen LogP contribution in [0.25, 0.3) is 22.3 Å². The van der Waals surface area contributed by atoms with Crippen molar-refractivity contribution >= 4 is 22.8 Å². The minimum atomic E-state index is -0.357. The summed E-state index contributed by atoms with van der Waals surface area (Å²) in [5.74, 6) is 0.512. The third-order valence-corrected chi connectivity index (χ3v) is 6.74. The van der Waals surface area contributed by atoms with E-state index in [9.17, 15) is 9.59 Å². The number of hydroxylamine groups is 2. The van der Waals surface area contributed by atoms with Crippen molar-refractivity contribution in [3.8, 4) is 17.1 Å². The van der Waals surface area contributed by atoms with E-state index in [2.05, 4.69) is 30.7 Å². The highest BCUT2D eigenvalue weighted by molar-refractivity contribution is 5.80. The topological polar surface area (TPSA) is 112 Å². The number of aromatic nitrogens is 4. The fourth-order valence-corrected chi connectivity index (χ4v) is 4.71. The largest absolute Gasteiger partial charge is 0.481 e. The summed E-state index contributed by atoms with van der Waals surface area (Å²) in [6.07, 6.45) is 4.28. The van der Waals surface area contributed by atoms with Crippen molar-refractivity contribution in [2.75, 3.05) is 44.9 Å². The maximum absolute atomic E-state index is 13.9. The van der Waals surface area contributed by atoms with Gasteiger partial charge in [0.15, 0.2) is 5.82 Å². The predicted molar refractivity (Wildman–Crippen MR) is 149 cm³/mol. The minimum absolute atomic E-state index is 0.128. The molecule has 4 rings (SSSR count). The summed E-state index contributed by atoms with van der Waals surface area (Å²) in [6, 6.07) is 5.39. The highest BCUT2D eigenvalue weighted by Crippen LogP contribution is 2.30. The number of pyridine rings is 2. The van der Waals surface area contributed by atoms with Gasteiger partial charge in [0.05, 0.1) is 43.7 Å². The second kappa shape index (κ2) is 12.1. The van der Waals surface area contributed by atoms with Crippen LogP contribution in [0.1, 0.15) is 41.0 Å². The van der Waals surface area contributed by atoms with Gasteiger partial charge in [-0.15, -0.1) is 5.06 Å². The Hall–Kier alpha value is -3.57. The molecule has 0 spiro atoms. The van der Waals surface area contributed by atoms with Gasteiger partial charge in [0.2, 0.25) is 5.88 Å². The molecule has 0 bridgehead atoms. The van der Waals surface area contributed by atoms with E-state index >= 15 is 0 Å². The molecule has 1 fully saturated rings. The average Bonchev–Trinajstić information content (AvgIpc) is 2.91. The van der Waals surface area contributed by atoms with Gasteiger partial charge in [-0.25, -0.2) is 9.97 Å². The number of ether oxygens (including phenoxy) is 2. The molecule has 1 atom stereocenters. The van der Waals surface area contributed by atoms with Crippen LogP contribution >= 0.6 is 0 Å². The highest BCUT2D eigenvalue weighted by atomic mass is 16.7. The van der Waals surface area contributed by atoms with Crippen molar-refractivity contribution in [1.29, 1.82) is 0 Å². The third kappa shape index (κ3) is 6.54. The molecule has 1 aliphatic rings. The van der Waals surface area contributed by atoms with Crippen molar-refractivity contribution in [3.63, 3.8) is 0 Å². The summed E-state index contributed by atoms with van der Waals surface area (Å²) in [4.78, 5) is 46.9. The highest BCUT2D eigenvalue weighted by Gasteiger charge is 2.38. The Labute approximate surface area is 228 Å². The van der Waals surface area contributed by atoms with Crippen molar-refractivity contribution in [3.05, 3.63) is 40.9 Å². The van der Waals surface area contributed by atoms with Gasteiger partial charge in [0, 0.05) is 51.0 Å². The van der Waals surface area contributed by atoms with Crippen LogP contribution in [0.2, 0.25) is 0 Å². The third-order valence-electron chi connectivity index (χ3n) is 6.74. The van der Waals surface area contributed by atoms with Crippen molar-refractivity contribution in [2.24, 2.45) is 5.41 Å². The molecule has 0 aliphatic carbocycles. The first-order chi connectivity index (χ1) is 18.6. The molecule has 1 unspecified atom stereocenters. The van der Waals surface area contributed by atoms with E-state index in [4.69, 9.17) is 19.3 Å². The Morgan fingerprint density at radius 2 is 1.92 bits per heavy atom. The van der Waals surface area contributed by atoms with Crippen molar-refractivity contribution in [2.45, 2.75) is 53.6 Å². The lowest BCUT2D eigenvalue weighted by molar-refractivity contribution is -0.211. The Balaban J connectivity index is 1.75. The molecule has 0 N–H and O–H groups in total. The number of hydrogen-bond acceptors (Lipinski definition) is 10. The van der Waals surface area contributed by atoms with Crippen LogP contribution in [0.5, 0.6) is 5.88 Å². The van der Waals surface area contributed by atoms with E-state index in [1.807, 2.05) is 24.0 Å². The second-order valence-electron chi connectivity index (χ2n) is 10.7. The monoisotopic (exact) mass is 538 g/mol. The normalized spacial score (nSPS) is 16.5. The zero-order chi connectivity index (χ0) is 28.2. The Morgan fingerprint density at radius 1 is 1.13 bits per heavy atom. The number of hydrogen-bond donors (Lipinski definition) is 0. The number of anilines is 1. The SMILES string of the molecule is CCCOCCn1c(=O)c(N2CCN(OC(C)=O)C(C(C)(C)C)C2)nc2cnc(-c3ccc(OC)nc3)cc21. The van der Waals surface area contributed by atoms with Crippen LogP contribution in [-0.4, -0.2) is 76.6 Å². The molecular formula is C28H38N6O5. The van der Waals surface area contributed by atoms with Crippen molar-refractivity contribution in [1.82, 2.24) is 24.6 Å². The molecule has 39 heavy (non-hydrogen) atoms. The van der Waals surface area contributed by atoms with Crippen LogP contribution in [0.3, 0.4) is 0 Å². The molecule has 11 heteroatoms. The molecule has 0 saturated carbocycles. The molecule has 3 aromatic heterocycles. The first-order valence-corrected chi connectivity index (χ1v) is 13.3. The van der Waals surface area contributed by atoms with E-state index in [0.717, 1.165) is 12.0 Å². The number of carbonyl (C=O) groups excluding carboxylic acids is 1. The quantitative estimate of drug-likeness (QED) is 0.376. The van der Waals surface area contributed by atoms with Gasteiger partial charge in [0.1, 0.15) is 5.52 Å². The number of carbonyl (C=O) groups is 1. The summed E-state index contributed by atoms with van der Waals surface area (Å²) in [5, 5.41) is 1.73. The van der Waals surface area contributed by atoms with E-state index in [0.29, 0.717) is 67.8 Å². The number of rotatable bonds is 9. The van der Waals surface area contributed by atoms with E-state index in [1.54, 1.807) is 35.2 Å². The molecule has 0 amide bonds. The van der Waals surface area contributed by atoms with E-state index in [-0.39, 0.29) is 23.0 Å². The maximum Gasteiger partial charge on any atom is 0.322 e. The predicted octanol–water partition coefficient (Wildman–Crippen LogP) is 3.30. The average molecular weight is 539 g/mol. The Morgan fingerprint density at radius 3 is 2.56 bits per heavy atom. The Kier molecular flexibility index (Phi) is 8.81. The van der Waals surface area contributed by atoms with Gasteiger partial charge >= 0.3 is 5.97 Å². The smallest absolute Gasteiger partial charge is 0.322 e. The van der Waals surface area contributed by atoms with Crippen LogP contribution < -0.4 is 15.2 Å². The molecule has 210 valence electrons. The number of fused-ring (bicyclic) bond motifs is 1. The first-order valence-electron chi connectivity index (χ1n) is 13.3. The molecular weight excluding hydrogens is 500 g/mol. The molecule has 4 heterocycles. The van der Waals surface area contributed by atoms with Gasteiger partial charge in [-0.05, 0) is 24.0 Å². The lowest BCUT2D eigenvalue weighted by Crippen LogP contribution is -2.59. The minimum Gasteiger partial charge on any atom is -0.481 e. The van der Waals surface area contributed by atoms with Gasteiger partial charge < -0.3 is 23.8 Å². The maximum atomic E-state index is 13.9. The zero-order valence-electron chi connectivity index (χ0n) is 23.6. The standard InChI is InChI=1S/C28H38N6O5/c1-7-13-38-14-12-33-23-15-21(20-8-9-25(37-6)30-16-20)29-17-22(23)31-26(27(33)36)32-10-11-34(39-19(2)35)24(18-32)28(3,4)5/h8-9,15-17,24H,7,10-14,18H2,1-6H3. The van der Waals surface area contributed by atoms with Crippen LogP contribution in [0.15, 0.2) is 35.4 Å². The fourth-order valence-electron chi connectivity index (χ4n) is 4.71. The van der Waals surface area contributed by atoms with E-state index < -0.39 is 0 Å². The molecule has 0 radical (unpaired) electrons. The van der Waals surface area contributed by atoms with Crippen LogP contribution in [-0.2, 0) is 20.9 Å². The lowest BCUT2D eigenvalue weighted by Gasteiger charge is -2.45. The summed E-state index contributed by atoms with van der Waals surface area (Å²) in [5.41, 5.74) is 2.37. The summed E-state index contributed by atoms with van der Waals surface area (Å²) < 4.78 is 12.6. The molecule has 0 aromatic carbocycles. The van der Waals surface area contributed by atoms with Gasteiger partial charge in [-0.2, -0.15) is 0 Å². The molecule has 3 aromatic rings. The number of methoxy groups -OCH3 is 1.